The predicted molar refractivity (Wildman–Crippen MR) is 80.6 cm³/mol. The average molecular weight is 280 g/mol. The summed E-state index contributed by atoms with van der Waals surface area (Å²) >= 11 is 1.66. The molecule has 0 saturated carbocycles. The van der Waals surface area contributed by atoms with Crippen LogP contribution in [-0.2, 0) is 17.6 Å². The Balaban J connectivity index is 2.06. The molecule has 1 atom stereocenters. The highest BCUT2D eigenvalue weighted by molar-refractivity contribution is 7.15. The minimum absolute atomic E-state index is 0.0842. The van der Waals surface area contributed by atoms with Crippen molar-refractivity contribution in [1.29, 1.82) is 0 Å². The summed E-state index contributed by atoms with van der Waals surface area (Å²) in [4.78, 5) is 17.6. The molecule has 19 heavy (non-hydrogen) atoms. The Bertz CT molecular complexity index is 459. The van der Waals surface area contributed by atoms with Crippen LogP contribution in [0.4, 0.5) is 5.13 Å². The number of aromatic nitrogens is 1. The van der Waals surface area contributed by atoms with Crippen molar-refractivity contribution in [2.45, 2.75) is 59.8 Å². The third kappa shape index (κ3) is 3.56. The van der Waals surface area contributed by atoms with E-state index in [0.29, 0.717) is 17.8 Å². The molecule has 0 spiro atoms. The van der Waals surface area contributed by atoms with Gasteiger partial charge in [0.05, 0.1) is 5.69 Å². The zero-order valence-corrected chi connectivity index (χ0v) is 13.2. The molecular weight excluding hydrogens is 256 g/mol. The van der Waals surface area contributed by atoms with Crippen LogP contribution < -0.4 is 5.32 Å². The molecule has 0 fully saturated rings. The lowest BCUT2D eigenvalue weighted by Gasteiger charge is -2.33. The number of anilines is 1. The van der Waals surface area contributed by atoms with Crippen LogP contribution in [0.15, 0.2) is 0 Å². The average Bonchev–Trinajstić information content (AvgIpc) is 2.68. The molecule has 1 heterocycles. The van der Waals surface area contributed by atoms with Gasteiger partial charge in [0.25, 0.3) is 0 Å². The lowest BCUT2D eigenvalue weighted by atomic mass is 9.73. The number of aryl methyl sites for hydroxylation is 1. The van der Waals surface area contributed by atoms with Gasteiger partial charge in [0.2, 0.25) is 5.91 Å². The number of hydrogen-bond acceptors (Lipinski definition) is 3. The zero-order chi connectivity index (χ0) is 14.0. The normalized spacial score (nSPS) is 19.1. The van der Waals surface area contributed by atoms with Crippen LogP contribution in [0.1, 0.15) is 57.5 Å². The third-order valence-electron chi connectivity index (χ3n) is 3.89. The highest BCUT2D eigenvalue weighted by Crippen LogP contribution is 2.39. The van der Waals surface area contributed by atoms with Crippen LogP contribution in [-0.4, -0.2) is 10.9 Å². The van der Waals surface area contributed by atoms with Gasteiger partial charge in [-0.1, -0.05) is 27.7 Å². The Hall–Kier alpha value is -0.900. The summed E-state index contributed by atoms with van der Waals surface area (Å²) in [6.07, 6.45) is 4.86. The van der Waals surface area contributed by atoms with Crippen molar-refractivity contribution in [3.63, 3.8) is 0 Å². The van der Waals surface area contributed by atoms with E-state index in [1.165, 1.54) is 17.0 Å². The molecule has 0 aromatic carbocycles. The maximum atomic E-state index is 11.6. The molecule has 0 bridgehead atoms. The first-order valence-electron chi connectivity index (χ1n) is 7.18. The van der Waals surface area contributed by atoms with Gasteiger partial charge >= 0.3 is 0 Å². The maximum Gasteiger partial charge on any atom is 0.226 e. The molecule has 0 radical (unpaired) electrons. The van der Waals surface area contributed by atoms with E-state index in [4.69, 9.17) is 0 Å². The van der Waals surface area contributed by atoms with Crippen LogP contribution in [0, 0.1) is 11.3 Å². The SMILES string of the molecule is CCCC(=O)Nc1nc2c(s1)CC[C@H](C(C)(C)C)C2. The van der Waals surface area contributed by atoms with Gasteiger partial charge in [-0.3, -0.25) is 4.79 Å². The van der Waals surface area contributed by atoms with Gasteiger partial charge in [0.1, 0.15) is 0 Å². The van der Waals surface area contributed by atoms with Gasteiger partial charge in [-0.15, -0.1) is 11.3 Å². The fourth-order valence-electron chi connectivity index (χ4n) is 2.58. The highest BCUT2D eigenvalue weighted by Gasteiger charge is 2.30. The predicted octanol–water partition coefficient (Wildman–Crippen LogP) is 4.03. The number of carbonyl (C=O) groups is 1. The molecule has 106 valence electrons. The van der Waals surface area contributed by atoms with Gasteiger partial charge in [0, 0.05) is 11.3 Å². The molecule has 1 aliphatic rings. The van der Waals surface area contributed by atoms with Crippen LogP contribution >= 0.6 is 11.3 Å². The third-order valence-corrected chi connectivity index (χ3v) is 4.96. The largest absolute Gasteiger partial charge is 0.302 e. The highest BCUT2D eigenvalue weighted by atomic mass is 32.1. The van der Waals surface area contributed by atoms with Crippen LogP contribution in [0.5, 0.6) is 0 Å². The van der Waals surface area contributed by atoms with E-state index < -0.39 is 0 Å². The van der Waals surface area contributed by atoms with Gasteiger partial charge in [-0.05, 0) is 37.0 Å². The molecule has 0 unspecified atom stereocenters. The van der Waals surface area contributed by atoms with Crippen LogP contribution in [0.3, 0.4) is 0 Å². The minimum atomic E-state index is 0.0842. The number of nitrogens with one attached hydrogen (secondary N) is 1. The fourth-order valence-corrected chi connectivity index (χ4v) is 3.60. The Morgan fingerprint density at radius 1 is 1.47 bits per heavy atom. The monoisotopic (exact) mass is 280 g/mol. The standard InChI is InChI=1S/C15H24N2OS/c1-5-6-13(18)17-14-16-11-9-10(15(2,3)4)7-8-12(11)19-14/h10H,5-9H2,1-4H3,(H,16,17,18)/t10-/m0/s1. The number of amides is 1. The van der Waals surface area contributed by atoms with Crippen LogP contribution in [0.25, 0.3) is 0 Å². The van der Waals surface area contributed by atoms with Gasteiger partial charge in [-0.2, -0.15) is 0 Å². The molecule has 2 rings (SSSR count). The second-order valence-corrected chi connectivity index (χ2v) is 7.58. The first-order valence-corrected chi connectivity index (χ1v) is 8.00. The molecule has 4 heteroatoms. The van der Waals surface area contributed by atoms with Crippen molar-refractivity contribution in [2.75, 3.05) is 5.32 Å². The van der Waals surface area contributed by atoms with Crippen molar-refractivity contribution >= 4 is 22.4 Å². The van der Waals surface area contributed by atoms with Crippen molar-refractivity contribution in [2.24, 2.45) is 11.3 Å². The van der Waals surface area contributed by atoms with Crippen molar-refractivity contribution in [1.82, 2.24) is 4.98 Å². The smallest absolute Gasteiger partial charge is 0.226 e. The van der Waals surface area contributed by atoms with E-state index in [0.717, 1.165) is 24.4 Å². The lowest BCUT2D eigenvalue weighted by Crippen LogP contribution is -2.26. The van der Waals surface area contributed by atoms with Gasteiger partial charge in [-0.25, -0.2) is 4.98 Å². The molecule has 1 aromatic rings. The molecule has 1 N–H and O–H groups in total. The first kappa shape index (κ1) is 14.5. The summed E-state index contributed by atoms with van der Waals surface area (Å²) in [6.45, 7) is 8.93. The second kappa shape index (κ2) is 5.61. The molecule has 1 aromatic heterocycles. The molecule has 0 aliphatic heterocycles. The quantitative estimate of drug-likeness (QED) is 0.908. The number of carbonyl (C=O) groups excluding carboxylic acids is 1. The summed E-state index contributed by atoms with van der Waals surface area (Å²) in [5.41, 5.74) is 1.55. The number of fused-ring (bicyclic) bond motifs is 1. The lowest BCUT2D eigenvalue weighted by molar-refractivity contribution is -0.116. The van der Waals surface area contributed by atoms with E-state index in [1.807, 2.05) is 6.92 Å². The van der Waals surface area contributed by atoms with E-state index in [9.17, 15) is 4.79 Å². The zero-order valence-electron chi connectivity index (χ0n) is 12.4. The van der Waals surface area contributed by atoms with Crippen molar-refractivity contribution in [3.8, 4) is 0 Å². The topological polar surface area (TPSA) is 42.0 Å². The number of nitrogens with zero attached hydrogens (tertiary/aromatic N) is 1. The van der Waals surface area contributed by atoms with E-state index >= 15 is 0 Å². The maximum absolute atomic E-state index is 11.6. The van der Waals surface area contributed by atoms with Crippen molar-refractivity contribution < 1.29 is 4.79 Å². The van der Waals surface area contributed by atoms with Gasteiger partial charge < -0.3 is 5.32 Å². The Labute approximate surface area is 119 Å². The summed E-state index contributed by atoms with van der Waals surface area (Å²) in [5, 5.41) is 3.71. The molecule has 3 nitrogen and oxygen atoms in total. The van der Waals surface area contributed by atoms with Crippen molar-refractivity contribution in [3.05, 3.63) is 10.6 Å². The Kier molecular flexibility index (Phi) is 4.29. The summed E-state index contributed by atoms with van der Waals surface area (Å²) in [6, 6.07) is 0. The summed E-state index contributed by atoms with van der Waals surface area (Å²) in [5.74, 6) is 0.780. The molecule has 1 amide bonds. The number of thiazole rings is 1. The number of hydrogen-bond donors (Lipinski definition) is 1. The number of rotatable bonds is 3. The van der Waals surface area contributed by atoms with Gasteiger partial charge in [0.15, 0.2) is 5.13 Å². The van der Waals surface area contributed by atoms with E-state index in [-0.39, 0.29) is 5.91 Å². The summed E-state index contributed by atoms with van der Waals surface area (Å²) < 4.78 is 0. The fraction of sp³-hybridized carbons (Fsp3) is 0.733. The van der Waals surface area contributed by atoms with E-state index in [1.54, 1.807) is 11.3 Å². The van der Waals surface area contributed by atoms with E-state index in [2.05, 4.69) is 31.1 Å². The Morgan fingerprint density at radius 2 is 2.21 bits per heavy atom. The molecular formula is C15H24N2OS. The minimum Gasteiger partial charge on any atom is -0.302 e. The second-order valence-electron chi connectivity index (χ2n) is 6.49. The Morgan fingerprint density at radius 3 is 2.84 bits per heavy atom. The molecule has 0 saturated heterocycles. The van der Waals surface area contributed by atoms with Crippen LogP contribution in [0.2, 0.25) is 0 Å². The summed E-state index contributed by atoms with van der Waals surface area (Å²) in [7, 11) is 0. The first-order chi connectivity index (χ1) is 8.90. The molecule has 1 aliphatic carbocycles.